The number of nitrogens with one attached hydrogen (secondary N) is 1. The number of hydrogen-bond acceptors (Lipinski definition) is 3. The zero-order valence-corrected chi connectivity index (χ0v) is 12.0. The van der Waals surface area contributed by atoms with E-state index in [1.54, 1.807) is 0 Å². The van der Waals surface area contributed by atoms with Crippen molar-refractivity contribution in [3.05, 3.63) is 41.5 Å². The van der Waals surface area contributed by atoms with Gasteiger partial charge in [-0.2, -0.15) is 0 Å². The maximum Gasteiger partial charge on any atom is 0.246 e. The molecule has 0 aliphatic carbocycles. The molecule has 108 valence electrons. The molecule has 4 nitrogen and oxygen atoms in total. The van der Waals surface area contributed by atoms with Crippen molar-refractivity contribution in [1.29, 1.82) is 0 Å². The highest BCUT2D eigenvalue weighted by molar-refractivity contribution is 5.97. The highest BCUT2D eigenvalue weighted by atomic mass is 16.7. The number of carbonyl (C=O) groups is 1. The van der Waals surface area contributed by atoms with E-state index in [1.165, 1.54) is 0 Å². The summed E-state index contributed by atoms with van der Waals surface area (Å²) in [5.74, 6) is -0.611. The lowest BCUT2D eigenvalue weighted by molar-refractivity contribution is -0.146. The van der Waals surface area contributed by atoms with Crippen molar-refractivity contribution in [1.82, 2.24) is 5.32 Å². The lowest BCUT2D eigenvalue weighted by Gasteiger charge is -2.22. The molecule has 0 atom stereocenters. The fraction of sp³-hybridized carbons (Fsp3) is 0.438. The quantitative estimate of drug-likeness (QED) is 0.839. The van der Waals surface area contributed by atoms with Crippen LogP contribution in [-0.4, -0.2) is 31.5 Å². The van der Waals surface area contributed by atoms with E-state index in [0.717, 1.165) is 5.56 Å². The fourth-order valence-electron chi connectivity index (χ4n) is 2.11. The largest absolute Gasteiger partial charge is 0.352 e. The molecule has 1 aromatic rings. The van der Waals surface area contributed by atoms with E-state index < -0.39 is 5.79 Å². The van der Waals surface area contributed by atoms with Crippen LogP contribution in [0.25, 0.3) is 6.08 Å². The highest BCUT2D eigenvalue weighted by Gasteiger charge is 2.30. The first-order chi connectivity index (χ1) is 9.59. The van der Waals surface area contributed by atoms with Gasteiger partial charge >= 0.3 is 0 Å². The van der Waals surface area contributed by atoms with Gasteiger partial charge in [-0.25, -0.2) is 0 Å². The number of carbonyl (C=O) groups excluding carboxylic acids is 1. The van der Waals surface area contributed by atoms with Crippen molar-refractivity contribution < 1.29 is 14.3 Å². The molecule has 20 heavy (non-hydrogen) atoms. The molecule has 0 spiro atoms. The van der Waals surface area contributed by atoms with Gasteiger partial charge in [0.05, 0.1) is 13.2 Å². The van der Waals surface area contributed by atoms with E-state index in [1.807, 2.05) is 50.3 Å². The number of hydrogen-bond donors (Lipinski definition) is 1. The minimum Gasteiger partial charge on any atom is -0.352 e. The minimum atomic E-state index is -0.551. The monoisotopic (exact) mass is 275 g/mol. The molecule has 1 aromatic carbocycles. The van der Waals surface area contributed by atoms with Crippen LogP contribution < -0.4 is 5.32 Å². The maximum absolute atomic E-state index is 12.0. The predicted octanol–water partition coefficient (Wildman–Crippen LogP) is 2.36. The van der Waals surface area contributed by atoms with Gasteiger partial charge in [-0.15, -0.1) is 0 Å². The Morgan fingerprint density at radius 1 is 1.30 bits per heavy atom. The molecule has 0 unspecified atom stereocenters. The molecular weight excluding hydrogens is 254 g/mol. The molecule has 0 aromatic heterocycles. The van der Waals surface area contributed by atoms with Crippen LogP contribution in [0.3, 0.4) is 0 Å². The van der Waals surface area contributed by atoms with Crippen LogP contribution in [0.2, 0.25) is 0 Å². The maximum atomic E-state index is 12.0. The first kappa shape index (κ1) is 14.8. The summed E-state index contributed by atoms with van der Waals surface area (Å²) in [6.45, 7) is 5.50. The molecule has 1 N–H and O–H groups in total. The Balaban J connectivity index is 1.81. The summed E-state index contributed by atoms with van der Waals surface area (Å²) >= 11 is 0. The van der Waals surface area contributed by atoms with Gasteiger partial charge in [-0.05, 0) is 25.5 Å². The summed E-state index contributed by atoms with van der Waals surface area (Å²) in [6.07, 6.45) is 2.52. The smallest absolute Gasteiger partial charge is 0.246 e. The SMILES string of the molecule is C/C(=C\c1ccccc1)C(=O)NCCC1(C)OCCO1. The van der Waals surface area contributed by atoms with Crippen LogP contribution >= 0.6 is 0 Å². The third-order valence-corrected chi connectivity index (χ3v) is 3.30. The Hall–Kier alpha value is -1.65. The second kappa shape index (κ2) is 6.68. The van der Waals surface area contributed by atoms with Gasteiger partial charge in [-0.3, -0.25) is 4.79 Å². The summed E-state index contributed by atoms with van der Waals surface area (Å²) in [5, 5.41) is 2.89. The van der Waals surface area contributed by atoms with Crippen LogP contribution in [0.4, 0.5) is 0 Å². The standard InChI is InChI=1S/C16H21NO3/c1-13(12-14-6-4-3-5-7-14)15(18)17-9-8-16(2)19-10-11-20-16/h3-7,12H,8-11H2,1-2H3,(H,17,18)/b13-12+. The first-order valence-corrected chi connectivity index (χ1v) is 6.88. The molecule has 1 aliphatic heterocycles. The number of ether oxygens (including phenoxy) is 2. The van der Waals surface area contributed by atoms with E-state index in [-0.39, 0.29) is 5.91 Å². The molecular formula is C16H21NO3. The molecule has 1 aliphatic rings. The van der Waals surface area contributed by atoms with Crippen molar-refractivity contribution >= 4 is 12.0 Å². The van der Waals surface area contributed by atoms with Gasteiger partial charge < -0.3 is 14.8 Å². The number of rotatable bonds is 5. The van der Waals surface area contributed by atoms with Crippen molar-refractivity contribution in [3.8, 4) is 0 Å². The molecule has 4 heteroatoms. The first-order valence-electron chi connectivity index (χ1n) is 6.88. The van der Waals surface area contributed by atoms with Crippen molar-refractivity contribution in [3.63, 3.8) is 0 Å². The lowest BCUT2D eigenvalue weighted by atomic mass is 10.1. The summed E-state index contributed by atoms with van der Waals surface area (Å²) in [5.41, 5.74) is 1.71. The average molecular weight is 275 g/mol. The van der Waals surface area contributed by atoms with Gasteiger partial charge in [0, 0.05) is 18.5 Å². The molecule has 0 saturated carbocycles. The highest BCUT2D eigenvalue weighted by Crippen LogP contribution is 2.21. The molecule has 0 bridgehead atoms. The van der Waals surface area contributed by atoms with Crippen LogP contribution in [-0.2, 0) is 14.3 Å². The lowest BCUT2D eigenvalue weighted by Crippen LogP contribution is -2.33. The van der Waals surface area contributed by atoms with Gasteiger partial charge in [0.15, 0.2) is 5.79 Å². The Bertz CT molecular complexity index is 476. The van der Waals surface area contributed by atoms with Gasteiger partial charge in [-0.1, -0.05) is 30.3 Å². The van der Waals surface area contributed by atoms with Crippen molar-refractivity contribution in [2.24, 2.45) is 0 Å². The van der Waals surface area contributed by atoms with E-state index in [9.17, 15) is 4.79 Å². The summed E-state index contributed by atoms with van der Waals surface area (Å²) in [4.78, 5) is 12.0. The Kier molecular flexibility index (Phi) is 4.93. The molecule has 1 heterocycles. The zero-order chi connectivity index (χ0) is 14.4. The van der Waals surface area contributed by atoms with Crippen LogP contribution in [0, 0.1) is 0 Å². The number of amides is 1. The Morgan fingerprint density at radius 2 is 1.95 bits per heavy atom. The Labute approximate surface area is 119 Å². The van der Waals surface area contributed by atoms with Crippen molar-refractivity contribution in [2.45, 2.75) is 26.1 Å². The normalized spacial score (nSPS) is 18.0. The van der Waals surface area contributed by atoms with Gasteiger partial charge in [0.25, 0.3) is 0 Å². The fourth-order valence-corrected chi connectivity index (χ4v) is 2.11. The van der Waals surface area contributed by atoms with Crippen LogP contribution in [0.5, 0.6) is 0 Å². The van der Waals surface area contributed by atoms with Crippen molar-refractivity contribution in [2.75, 3.05) is 19.8 Å². The van der Waals surface area contributed by atoms with Gasteiger partial charge in [0.2, 0.25) is 5.91 Å². The third kappa shape index (κ3) is 4.18. The van der Waals surface area contributed by atoms with E-state index >= 15 is 0 Å². The summed E-state index contributed by atoms with van der Waals surface area (Å²) < 4.78 is 11.0. The molecule has 1 fully saturated rings. The predicted molar refractivity (Wildman–Crippen MR) is 78.0 cm³/mol. The molecule has 1 saturated heterocycles. The number of benzene rings is 1. The second-order valence-electron chi connectivity index (χ2n) is 5.07. The topological polar surface area (TPSA) is 47.6 Å². The summed E-state index contributed by atoms with van der Waals surface area (Å²) in [7, 11) is 0. The molecule has 0 radical (unpaired) electrons. The van der Waals surface area contributed by atoms with E-state index in [4.69, 9.17) is 9.47 Å². The zero-order valence-electron chi connectivity index (χ0n) is 12.0. The molecule has 2 rings (SSSR count). The van der Waals surface area contributed by atoms with Crippen LogP contribution in [0.15, 0.2) is 35.9 Å². The Morgan fingerprint density at radius 3 is 2.60 bits per heavy atom. The van der Waals surface area contributed by atoms with E-state index in [0.29, 0.717) is 31.8 Å². The summed E-state index contributed by atoms with van der Waals surface area (Å²) in [6, 6.07) is 9.80. The van der Waals surface area contributed by atoms with Gasteiger partial charge in [0.1, 0.15) is 0 Å². The third-order valence-electron chi connectivity index (χ3n) is 3.30. The van der Waals surface area contributed by atoms with Crippen LogP contribution in [0.1, 0.15) is 25.8 Å². The second-order valence-corrected chi connectivity index (χ2v) is 5.07. The minimum absolute atomic E-state index is 0.0598. The molecule has 1 amide bonds. The van der Waals surface area contributed by atoms with E-state index in [2.05, 4.69) is 5.32 Å². The average Bonchev–Trinajstić information content (AvgIpc) is 2.86.